The molecule has 1 fully saturated rings. The molecule has 2 rings (SSSR count). The van der Waals surface area contributed by atoms with Crippen LogP contribution in [0, 0.1) is 6.92 Å². The van der Waals surface area contributed by atoms with Crippen molar-refractivity contribution < 1.29 is 13.2 Å². The second-order valence-electron chi connectivity index (χ2n) is 5.75. The summed E-state index contributed by atoms with van der Waals surface area (Å²) >= 11 is 0. The Morgan fingerprint density at radius 2 is 2.18 bits per heavy atom. The number of aromatic nitrogens is 2. The molecule has 0 aliphatic carbocycles. The standard InChI is InChI=1S/C14H22N4O3S/c1-4-9(2)15-14-16-10(3)7-12(18-14)13(19)17-11-5-6-22(20,21)8-11/h7,9,11H,4-6,8H2,1-3H3,(H,17,19)(H,15,16,18). The van der Waals surface area contributed by atoms with Crippen LogP contribution in [0.25, 0.3) is 0 Å². The molecule has 1 saturated heterocycles. The van der Waals surface area contributed by atoms with Crippen molar-refractivity contribution in [1.29, 1.82) is 0 Å². The maximum Gasteiger partial charge on any atom is 0.270 e. The van der Waals surface area contributed by atoms with Gasteiger partial charge in [0, 0.05) is 17.8 Å². The van der Waals surface area contributed by atoms with Gasteiger partial charge in [-0.1, -0.05) is 6.92 Å². The molecule has 1 aliphatic heterocycles. The zero-order valence-electron chi connectivity index (χ0n) is 13.1. The van der Waals surface area contributed by atoms with Crippen LogP contribution in [-0.2, 0) is 9.84 Å². The summed E-state index contributed by atoms with van der Waals surface area (Å²) in [6, 6.07) is 1.47. The fraction of sp³-hybridized carbons (Fsp3) is 0.643. The summed E-state index contributed by atoms with van der Waals surface area (Å²) in [6.45, 7) is 5.84. The van der Waals surface area contributed by atoms with Gasteiger partial charge in [0.05, 0.1) is 11.5 Å². The van der Waals surface area contributed by atoms with Crippen LogP contribution in [0.4, 0.5) is 5.95 Å². The van der Waals surface area contributed by atoms with E-state index in [-0.39, 0.29) is 35.2 Å². The number of anilines is 1. The summed E-state index contributed by atoms with van der Waals surface area (Å²) in [5, 5.41) is 5.87. The van der Waals surface area contributed by atoms with Gasteiger partial charge < -0.3 is 10.6 Å². The number of carbonyl (C=O) groups excluding carboxylic acids is 1. The first kappa shape index (κ1) is 16.7. The third-order valence-electron chi connectivity index (χ3n) is 3.64. The smallest absolute Gasteiger partial charge is 0.270 e. The maximum absolute atomic E-state index is 12.2. The largest absolute Gasteiger partial charge is 0.352 e. The quantitative estimate of drug-likeness (QED) is 0.834. The molecule has 2 heterocycles. The molecule has 0 saturated carbocycles. The molecule has 122 valence electrons. The maximum atomic E-state index is 12.2. The first-order valence-corrected chi connectivity index (χ1v) is 9.24. The van der Waals surface area contributed by atoms with Crippen molar-refractivity contribution in [3.63, 3.8) is 0 Å². The van der Waals surface area contributed by atoms with E-state index in [0.29, 0.717) is 18.1 Å². The molecule has 2 unspecified atom stereocenters. The Hall–Kier alpha value is -1.70. The van der Waals surface area contributed by atoms with Crippen LogP contribution in [0.5, 0.6) is 0 Å². The molecule has 22 heavy (non-hydrogen) atoms. The Balaban J connectivity index is 2.09. The van der Waals surface area contributed by atoms with Gasteiger partial charge in [0.25, 0.3) is 5.91 Å². The van der Waals surface area contributed by atoms with Gasteiger partial charge in [-0.15, -0.1) is 0 Å². The molecular weight excluding hydrogens is 304 g/mol. The molecule has 1 amide bonds. The van der Waals surface area contributed by atoms with Crippen molar-refractivity contribution in [2.75, 3.05) is 16.8 Å². The number of carbonyl (C=O) groups is 1. The van der Waals surface area contributed by atoms with Gasteiger partial charge in [-0.3, -0.25) is 4.79 Å². The topological polar surface area (TPSA) is 101 Å². The van der Waals surface area contributed by atoms with Crippen LogP contribution in [0.2, 0.25) is 0 Å². The molecule has 1 aromatic heterocycles. The molecule has 7 nitrogen and oxygen atoms in total. The lowest BCUT2D eigenvalue weighted by atomic mass is 10.2. The number of nitrogens with zero attached hydrogens (tertiary/aromatic N) is 2. The average molecular weight is 326 g/mol. The Kier molecular flexibility index (Phi) is 5.00. The lowest BCUT2D eigenvalue weighted by Gasteiger charge is -2.14. The van der Waals surface area contributed by atoms with Crippen molar-refractivity contribution in [1.82, 2.24) is 15.3 Å². The summed E-state index contributed by atoms with van der Waals surface area (Å²) in [5.74, 6) is 0.181. The van der Waals surface area contributed by atoms with E-state index in [2.05, 4.69) is 20.6 Å². The predicted octanol–water partition coefficient (Wildman–Crippen LogP) is 0.912. The van der Waals surface area contributed by atoms with Crippen LogP contribution in [0.3, 0.4) is 0 Å². The number of hydrogen-bond donors (Lipinski definition) is 2. The zero-order chi connectivity index (χ0) is 16.3. The molecular formula is C14H22N4O3S. The minimum Gasteiger partial charge on any atom is -0.352 e. The summed E-state index contributed by atoms with van der Waals surface area (Å²) < 4.78 is 22.9. The van der Waals surface area contributed by atoms with Crippen molar-refractivity contribution in [3.8, 4) is 0 Å². The van der Waals surface area contributed by atoms with E-state index in [1.165, 1.54) is 0 Å². The lowest BCUT2D eigenvalue weighted by molar-refractivity contribution is 0.0936. The number of rotatable bonds is 5. The van der Waals surface area contributed by atoms with Crippen LogP contribution in [-0.4, -0.2) is 47.9 Å². The van der Waals surface area contributed by atoms with E-state index < -0.39 is 9.84 Å². The van der Waals surface area contributed by atoms with Crippen LogP contribution < -0.4 is 10.6 Å². The lowest BCUT2D eigenvalue weighted by Crippen LogP contribution is -2.36. The molecule has 0 aromatic carbocycles. The highest BCUT2D eigenvalue weighted by atomic mass is 32.2. The first-order valence-electron chi connectivity index (χ1n) is 7.42. The minimum atomic E-state index is -3.02. The molecule has 2 N–H and O–H groups in total. The van der Waals surface area contributed by atoms with E-state index in [0.717, 1.165) is 6.42 Å². The molecule has 8 heteroatoms. The van der Waals surface area contributed by atoms with Crippen LogP contribution >= 0.6 is 0 Å². The molecule has 2 atom stereocenters. The van der Waals surface area contributed by atoms with Gasteiger partial charge in [-0.25, -0.2) is 18.4 Å². The first-order chi connectivity index (χ1) is 10.3. The highest BCUT2D eigenvalue weighted by Crippen LogP contribution is 2.13. The third-order valence-corrected chi connectivity index (χ3v) is 5.41. The second-order valence-corrected chi connectivity index (χ2v) is 7.97. The number of nitrogens with one attached hydrogen (secondary N) is 2. The summed E-state index contributed by atoms with van der Waals surface area (Å²) in [6.07, 6.45) is 1.37. The summed E-state index contributed by atoms with van der Waals surface area (Å²) in [5.41, 5.74) is 0.938. The van der Waals surface area contributed by atoms with Crippen molar-refractivity contribution in [2.45, 2.75) is 45.7 Å². The highest BCUT2D eigenvalue weighted by molar-refractivity contribution is 7.91. The molecule has 1 aromatic rings. The Morgan fingerprint density at radius 3 is 2.77 bits per heavy atom. The number of aryl methyl sites for hydroxylation is 1. The van der Waals surface area contributed by atoms with Gasteiger partial charge in [0.1, 0.15) is 5.69 Å². The number of sulfone groups is 1. The zero-order valence-corrected chi connectivity index (χ0v) is 13.9. The Labute approximate surface area is 130 Å². The third kappa shape index (κ3) is 4.40. The van der Waals surface area contributed by atoms with Crippen LogP contribution in [0.1, 0.15) is 42.9 Å². The van der Waals surface area contributed by atoms with E-state index in [1.807, 2.05) is 13.8 Å². The Bertz CT molecular complexity index is 660. The Morgan fingerprint density at radius 1 is 1.45 bits per heavy atom. The van der Waals surface area contributed by atoms with Crippen LogP contribution in [0.15, 0.2) is 6.07 Å². The molecule has 0 radical (unpaired) electrons. The average Bonchev–Trinajstić information content (AvgIpc) is 2.77. The molecule has 0 spiro atoms. The SMILES string of the molecule is CCC(C)Nc1nc(C)cc(C(=O)NC2CCS(=O)(=O)C2)n1. The van der Waals surface area contributed by atoms with E-state index in [4.69, 9.17) is 0 Å². The van der Waals surface area contributed by atoms with Gasteiger partial charge in [0.2, 0.25) is 5.95 Å². The van der Waals surface area contributed by atoms with E-state index in [1.54, 1.807) is 13.0 Å². The van der Waals surface area contributed by atoms with Crippen molar-refractivity contribution in [3.05, 3.63) is 17.5 Å². The van der Waals surface area contributed by atoms with E-state index >= 15 is 0 Å². The second kappa shape index (κ2) is 6.60. The van der Waals surface area contributed by atoms with Gasteiger partial charge >= 0.3 is 0 Å². The number of amides is 1. The summed E-state index contributed by atoms with van der Waals surface area (Å²) in [7, 11) is -3.02. The van der Waals surface area contributed by atoms with E-state index in [9.17, 15) is 13.2 Å². The normalized spacial score (nSPS) is 21.3. The highest BCUT2D eigenvalue weighted by Gasteiger charge is 2.29. The minimum absolute atomic E-state index is 0.000775. The number of hydrogen-bond acceptors (Lipinski definition) is 6. The monoisotopic (exact) mass is 326 g/mol. The fourth-order valence-corrected chi connectivity index (χ4v) is 3.91. The van der Waals surface area contributed by atoms with Gasteiger partial charge in [0.15, 0.2) is 9.84 Å². The molecule has 0 bridgehead atoms. The van der Waals surface area contributed by atoms with Gasteiger partial charge in [-0.05, 0) is 32.8 Å². The predicted molar refractivity (Wildman–Crippen MR) is 84.7 cm³/mol. The van der Waals surface area contributed by atoms with Crippen molar-refractivity contribution >= 4 is 21.7 Å². The fourth-order valence-electron chi connectivity index (χ4n) is 2.24. The summed E-state index contributed by atoms with van der Waals surface area (Å²) in [4.78, 5) is 20.7. The van der Waals surface area contributed by atoms with Crippen molar-refractivity contribution in [2.24, 2.45) is 0 Å². The molecule has 1 aliphatic rings. The van der Waals surface area contributed by atoms with Gasteiger partial charge in [-0.2, -0.15) is 0 Å².